The van der Waals surface area contributed by atoms with Crippen molar-refractivity contribution >= 4 is 15.9 Å². The first-order valence-corrected chi connectivity index (χ1v) is 5.92. The van der Waals surface area contributed by atoms with E-state index in [4.69, 9.17) is 4.74 Å². The van der Waals surface area contributed by atoms with E-state index in [1.54, 1.807) is 18.2 Å². The minimum atomic E-state index is 0.158. The fourth-order valence-corrected chi connectivity index (χ4v) is 2.47. The highest BCUT2D eigenvalue weighted by atomic mass is 79.9. The van der Waals surface area contributed by atoms with E-state index in [9.17, 15) is 10.2 Å². The highest BCUT2D eigenvalue weighted by Crippen LogP contribution is 2.46. The van der Waals surface area contributed by atoms with Gasteiger partial charge in [-0.05, 0) is 45.8 Å². The molecular weight excluding hydrogens is 284 g/mol. The number of hydrogen-bond donors (Lipinski definition) is 2. The normalized spacial score (nSPS) is 12.5. The van der Waals surface area contributed by atoms with Gasteiger partial charge in [-0.2, -0.15) is 0 Å². The summed E-state index contributed by atoms with van der Waals surface area (Å²) < 4.78 is 6.16. The van der Waals surface area contributed by atoms with Crippen LogP contribution in [0.2, 0.25) is 0 Å². The van der Waals surface area contributed by atoms with Gasteiger partial charge in [0.1, 0.15) is 28.3 Å². The smallest absolute Gasteiger partial charge is 0.145 e. The van der Waals surface area contributed by atoms with Crippen LogP contribution in [0, 0.1) is 0 Å². The lowest BCUT2D eigenvalue weighted by atomic mass is 9.97. The molecule has 2 N–H and O–H groups in total. The van der Waals surface area contributed by atoms with Crippen molar-refractivity contribution < 1.29 is 14.9 Å². The van der Waals surface area contributed by atoms with Crippen molar-refractivity contribution in [3.63, 3.8) is 0 Å². The van der Waals surface area contributed by atoms with E-state index < -0.39 is 0 Å². The van der Waals surface area contributed by atoms with Gasteiger partial charge in [-0.3, -0.25) is 0 Å². The van der Waals surface area contributed by atoms with Gasteiger partial charge in [0.2, 0.25) is 0 Å². The zero-order chi connectivity index (χ0) is 12.0. The van der Waals surface area contributed by atoms with Crippen LogP contribution in [0.5, 0.6) is 17.2 Å². The Morgan fingerprint density at radius 2 is 1.82 bits per heavy atom. The zero-order valence-electron chi connectivity index (χ0n) is 8.77. The quantitative estimate of drug-likeness (QED) is 0.782. The molecule has 0 fully saturated rings. The number of rotatable bonds is 0. The predicted molar refractivity (Wildman–Crippen MR) is 67.2 cm³/mol. The molecule has 0 saturated carbocycles. The number of phenols is 2. The summed E-state index contributed by atoms with van der Waals surface area (Å²) in [7, 11) is 0. The molecule has 0 atom stereocenters. The molecular formula is C13H9BrO3. The number of phenolic OH excluding ortho intramolecular Hbond substituents is 2. The summed E-state index contributed by atoms with van der Waals surface area (Å²) in [5.41, 5.74) is 2.87. The SMILES string of the molecule is Oc1ccc2c(c1)COc1c-2ccc(O)c1Br. The van der Waals surface area contributed by atoms with Gasteiger partial charge in [0.25, 0.3) is 0 Å². The molecule has 0 aliphatic carbocycles. The Bertz CT molecular complexity index is 608. The number of aromatic hydroxyl groups is 2. The van der Waals surface area contributed by atoms with E-state index >= 15 is 0 Å². The van der Waals surface area contributed by atoms with Crippen molar-refractivity contribution in [3.05, 3.63) is 40.4 Å². The molecule has 2 aromatic rings. The van der Waals surface area contributed by atoms with Gasteiger partial charge in [0.05, 0.1) is 0 Å². The van der Waals surface area contributed by atoms with Crippen LogP contribution in [0.3, 0.4) is 0 Å². The van der Waals surface area contributed by atoms with Crippen LogP contribution in [-0.2, 0) is 6.61 Å². The second-order valence-electron chi connectivity index (χ2n) is 3.91. The van der Waals surface area contributed by atoms with E-state index in [1.807, 2.05) is 12.1 Å². The van der Waals surface area contributed by atoms with Crippen molar-refractivity contribution in [2.24, 2.45) is 0 Å². The first-order chi connectivity index (χ1) is 8.16. The van der Waals surface area contributed by atoms with E-state index in [0.717, 1.165) is 16.7 Å². The average Bonchev–Trinajstić information content (AvgIpc) is 2.33. The Hall–Kier alpha value is -1.68. The average molecular weight is 293 g/mol. The van der Waals surface area contributed by atoms with E-state index in [1.165, 1.54) is 0 Å². The minimum absolute atomic E-state index is 0.158. The summed E-state index contributed by atoms with van der Waals surface area (Å²) in [6.07, 6.45) is 0. The number of halogens is 1. The van der Waals surface area contributed by atoms with Gasteiger partial charge < -0.3 is 14.9 Å². The zero-order valence-corrected chi connectivity index (χ0v) is 10.4. The van der Waals surface area contributed by atoms with Gasteiger partial charge >= 0.3 is 0 Å². The van der Waals surface area contributed by atoms with Gasteiger partial charge in [0.15, 0.2) is 0 Å². The maximum Gasteiger partial charge on any atom is 0.145 e. The van der Waals surface area contributed by atoms with Crippen molar-refractivity contribution in [1.82, 2.24) is 0 Å². The molecule has 86 valence electrons. The molecule has 1 heterocycles. The molecule has 3 rings (SSSR count). The molecule has 1 aliphatic rings. The van der Waals surface area contributed by atoms with Crippen LogP contribution in [-0.4, -0.2) is 10.2 Å². The third-order valence-electron chi connectivity index (χ3n) is 2.83. The monoisotopic (exact) mass is 292 g/mol. The van der Waals surface area contributed by atoms with Crippen molar-refractivity contribution in [1.29, 1.82) is 0 Å². The van der Waals surface area contributed by atoms with Crippen molar-refractivity contribution in [2.75, 3.05) is 0 Å². The highest BCUT2D eigenvalue weighted by Gasteiger charge is 2.21. The van der Waals surface area contributed by atoms with E-state index in [0.29, 0.717) is 16.8 Å². The van der Waals surface area contributed by atoms with Crippen molar-refractivity contribution in [3.8, 4) is 28.4 Å². The van der Waals surface area contributed by atoms with Crippen molar-refractivity contribution in [2.45, 2.75) is 6.61 Å². The lowest BCUT2D eigenvalue weighted by molar-refractivity contribution is 0.297. The molecule has 0 radical (unpaired) electrons. The predicted octanol–water partition coefficient (Wildman–Crippen LogP) is 3.42. The topological polar surface area (TPSA) is 49.7 Å². The van der Waals surface area contributed by atoms with Crippen LogP contribution in [0.4, 0.5) is 0 Å². The Labute approximate surface area is 106 Å². The lowest BCUT2D eigenvalue weighted by Crippen LogP contribution is -2.05. The van der Waals surface area contributed by atoms with Crippen LogP contribution in [0.15, 0.2) is 34.8 Å². The molecule has 0 amide bonds. The Morgan fingerprint density at radius 1 is 1.06 bits per heavy atom. The molecule has 0 bridgehead atoms. The maximum absolute atomic E-state index is 9.60. The molecule has 3 nitrogen and oxygen atoms in total. The summed E-state index contributed by atoms with van der Waals surface area (Å²) in [6.45, 7) is 0.388. The molecule has 4 heteroatoms. The van der Waals surface area contributed by atoms with Crippen LogP contribution in [0.25, 0.3) is 11.1 Å². The molecule has 1 aliphatic heterocycles. The Kier molecular flexibility index (Phi) is 2.26. The third kappa shape index (κ3) is 1.56. The summed E-state index contributed by atoms with van der Waals surface area (Å²) in [5.74, 6) is 1.03. The number of fused-ring (bicyclic) bond motifs is 3. The van der Waals surface area contributed by atoms with Gasteiger partial charge in [-0.25, -0.2) is 0 Å². The van der Waals surface area contributed by atoms with Gasteiger partial charge in [-0.1, -0.05) is 6.07 Å². The van der Waals surface area contributed by atoms with E-state index in [-0.39, 0.29) is 11.5 Å². The lowest BCUT2D eigenvalue weighted by Gasteiger charge is -2.22. The fraction of sp³-hybridized carbons (Fsp3) is 0.0769. The summed E-state index contributed by atoms with van der Waals surface area (Å²) in [5, 5.41) is 19.0. The summed E-state index contributed by atoms with van der Waals surface area (Å²) in [4.78, 5) is 0. The largest absolute Gasteiger partial charge is 0.508 e. The number of ether oxygens (including phenoxy) is 1. The fourth-order valence-electron chi connectivity index (χ4n) is 2.01. The Balaban J connectivity index is 2.27. The van der Waals surface area contributed by atoms with Crippen LogP contribution in [0.1, 0.15) is 5.56 Å². The van der Waals surface area contributed by atoms with Gasteiger partial charge in [0, 0.05) is 11.1 Å². The number of hydrogen-bond acceptors (Lipinski definition) is 3. The van der Waals surface area contributed by atoms with E-state index in [2.05, 4.69) is 15.9 Å². The standard InChI is InChI=1S/C13H9BrO3/c14-12-11(16)4-3-10-9-2-1-8(15)5-7(9)6-17-13(10)12/h1-5,15-16H,6H2. The van der Waals surface area contributed by atoms with Crippen LogP contribution >= 0.6 is 15.9 Å². The van der Waals surface area contributed by atoms with Gasteiger partial charge in [-0.15, -0.1) is 0 Å². The molecule has 0 saturated heterocycles. The second kappa shape index (κ2) is 3.67. The molecule has 0 spiro atoms. The molecule has 17 heavy (non-hydrogen) atoms. The molecule has 0 unspecified atom stereocenters. The maximum atomic E-state index is 9.60. The van der Waals surface area contributed by atoms with Crippen LogP contribution < -0.4 is 4.74 Å². The minimum Gasteiger partial charge on any atom is -0.508 e. The number of benzene rings is 2. The molecule has 0 aromatic heterocycles. The molecule has 2 aromatic carbocycles. The summed E-state index contributed by atoms with van der Waals surface area (Å²) in [6, 6.07) is 8.63. The second-order valence-corrected chi connectivity index (χ2v) is 4.70. The summed E-state index contributed by atoms with van der Waals surface area (Å²) >= 11 is 3.31. The Morgan fingerprint density at radius 3 is 2.65 bits per heavy atom. The third-order valence-corrected chi connectivity index (χ3v) is 3.59. The first kappa shape index (κ1) is 10.5. The highest BCUT2D eigenvalue weighted by molar-refractivity contribution is 9.10. The first-order valence-electron chi connectivity index (χ1n) is 5.13.